The lowest BCUT2D eigenvalue weighted by Gasteiger charge is -2.22. The number of anilines is 1. The standard InChI is InChI=1S/C20H25N3O2/c1-3-4-9-18-15(2)14-21-20(19(18)23(24)25)22-12-10-16-7-5-6-8-17(16)11-13-22/h5-8,14H,3-4,9-13H2,1-2H3. The van der Waals surface area contributed by atoms with E-state index in [2.05, 4.69) is 41.1 Å². The highest BCUT2D eigenvalue weighted by Gasteiger charge is 2.27. The van der Waals surface area contributed by atoms with Gasteiger partial charge in [0.15, 0.2) is 0 Å². The molecule has 0 N–H and O–H groups in total. The number of benzene rings is 1. The average Bonchev–Trinajstić information content (AvgIpc) is 2.83. The lowest BCUT2D eigenvalue weighted by molar-refractivity contribution is -0.385. The molecule has 1 aliphatic rings. The Labute approximate surface area is 148 Å². The molecule has 132 valence electrons. The normalized spacial score (nSPS) is 14.1. The Morgan fingerprint density at radius 3 is 2.40 bits per heavy atom. The Kier molecular flexibility index (Phi) is 5.31. The van der Waals surface area contributed by atoms with E-state index < -0.39 is 0 Å². The number of hydrogen-bond acceptors (Lipinski definition) is 4. The molecule has 2 aromatic rings. The summed E-state index contributed by atoms with van der Waals surface area (Å²) in [7, 11) is 0. The van der Waals surface area contributed by atoms with Crippen LogP contribution in [0, 0.1) is 17.0 Å². The zero-order valence-corrected chi connectivity index (χ0v) is 15.0. The van der Waals surface area contributed by atoms with Gasteiger partial charge < -0.3 is 4.90 Å². The lowest BCUT2D eigenvalue weighted by Crippen LogP contribution is -2.28. The van der Waals surface area contributed by atoms with Crippen molar-refractivity contribution in [3.63, 3.8) is 0 Å². The topological polar surface area (TPSA) is 59.3 Å². The van der Waals surface area contributed by atoms with Crippen molar-refractivity contribution in [3.05, 3.63) is 62.8 Å². The molecule has 3 rings (SSSR count). The summed E-state index contributed by atoms with van der Waals surface area (Å²) in [5.41, 5.74) is 4.65. The highest BCUT2D eigenvalue weighted by atomic mass is 16.6. The maximum Gasteiger partial charge on any atom is 0.314 e. The van der Waals surface area contributed by atoms with Gasteiger partial charge in [-0.05, 0) is 49.3 Å². The van der Waals surface area contributed by atoms with Crippen LogP contribution in [0.5, 0.6) is 0 Å². The molecule has 2 heterocycles. The predicted octanol–water partition coefficient (Wildman–Crippen LogP) is 4.25. The summed E-state index contributed by atoms with van der Waals surface area (Å²) < 4.78 is 0. The summed E-state index contributed by atoms with van der Waals surface area (Å²) in [4.78, 5) is 18.2. The zero-order chi connectivity index (χ0) is 17.8. The second-order valence-corrected chi connectivity index (χ2v) is 6.71. The molecule has 1 aliphatic heterocycles. The number of nitrogens with zero attached hydrogens (tertiary/aromatic N) is 3. The number of nitro groups is 1. The van der Waals surface area contributed by atoms with E-state index in [0.717, 1.165) is 56.3 Å². The molecule has 0 fully saturated rings. The van der Waals surface area contributed by atoms with Gasteiger partial charge in [-0.2, -0.15) is 0 Å². The van der Waals surface area contributed by atoms with Gasteiger partial charge in [-0.25, -0.2) is 4.98 Å². The molecule has 0 bridgehead atoms. The molecule has 0 saturated heterocycles. The number of pyridine rings is 1. The molecule has 0 amide bonds. The summed E-state index contributed by atoms with van der Waals surface area (Å²) in [6.45, 7) is 5.56. The van der Waals surface area contributed by atoms with Gasteiger partial charge in [-0.15, -0.1) is 0 Å². The molecule has 1 aromatic carbocycles. The van der Waals surface area contributed by atoms with E-state index in [1.807, 2.05) is 6.92 Å². The van der Waals surface area contributed by atoms with Crippen molar-refractivity contribution < 1.29 is 4.92 Å². The van der Waals surface area contributed by atoms with Crippen LogP contribution in [0.3, 0.4) is 0 Å². The van der Waals surface area contributed by atoms with Crippen molar-refractivity contribution in [2.45, 2.75) is 46.0 Å². The minimum atomic E-state index is -0.238. The van der Waals surface area contributed by atoms with E-state index >= 15 is 0 Å². The third-order valence-corrected chi connectivity index (χ3v) is 5.04. The van der Waals surface area contributed by atoms with Crippen molar-refractivity contribution in [1.29, 1.82) is 0 Å². The van der Waals surface area contributed by atoms with Crippen LogP contribution in [0.1, 0.15) is 42.0 Å². The first-order valence-corrected chi connectivity index (χ1v) is 9.06. The molecule has 5 nitrogen and oxygen atoms in total. The van der Waals surface area contributed by atoms with Crippen LogP contribution in [0.4, 0.5) is 11.5 Å². The molecule has 0 radical (unpaired) electrons. The highest BCUT2D eigenvalue weighted by Crippen LogP contribution is 2.34. The van der Waals surface area contributed by atoms with Gasteiger partial charge in [0, 0.05) is 24.8 Å². The molecule has 0 spiro atoms. The van der Waals surface area contributed by atoms with Gasteiger partial charge in [-0.1, -0.05) is 37.6 Å². The summed E-state index contributed by atoms with van der Waals surface area (Å²) in [5, 5.41) is 11.8. The second kappa shape index (κ2) is 7.64. The van der Waals surface area contributed by atoms with E-state index in [0.29, 0.717) is 5.82 Å². The number of aromatic nitrogens is 1. The maximum atomic E-state index is 11.8. The van der Waals surface area contributed by atoms with Crippen molar-refractivity contribution >= 4 is 11.5 Å². The summed E-state index contributed by atoms with van der Waals surface area (Å²) in [6, 6.07) is 8.43. The minimum absolute atomic E-state index is 0.208. The fraction of sp³-hybridized carbons (Fsp3) is 0.450. The number of fused-ring (bicyclic) bond motifs is 1. The zero-order valence-electron chi connectivity index (χ0n) is 15.0. The van der Waals surface area contributed by atoms with Crippen LogP contribution in [0.15, 0.2) is 30.5 Å². The summed E-state index contributed by atoms with van der Waals surface area (Å²) in [6.07, 6.45) is 6.30. The Bertz CT molecular complexity index is 747. The quantitative estimate of drug-likeness (QED) is 0.604. The van der Waals surface area contributed by atoms with Crippen LogP contribution in [0.2, 0.25) is 0 Å². The molecule has 25 heavy (non-hydrogen) atoms. The van der Waals surface area contributed by atoms with Crippen LogP contribution >= 0.6 is 0 Å². The van der Waals surface area contributed by atoms with Crippen molar-refractivity contribution in [1.82, 2.24) is 4.98 Å². The lowest BCUT2D eigenvalue weighted by atomic mass is 10.0. The minimum Gasteiger partial charge on any atom is -0.350 e. The largest absolute Gasteiger partial charge is 0.350 e. The second-order valence-electron chi connectivity index (χ2n) is 6.71. The molecule has 0 aliphatic carbocycles. The third-order valence-electron chi connectivity index (χ3n) is 5.04. The van der Waals surface area contributed by atoms with Gasteiger partial charge in [0.25, 0.3) is 0 Å². The van der Waals surface area contributed by atoms with Gasteiger partial charge in [0.05, 0.1) is 4.92 Å². The fourth-order valence-electron chi connectivity index (χ4n) is 3.59. The van der Waals surface area contributed by atoms with Gasteiger partial charge in [0.1, 0.15) is 0 Å². The average molecular weight is 339 g/mol. The van der Waals surface area contributed by atoms with E-state index in [1.165, 1.54) is 11.1 Å². The number of rotatable bonds is 5. The maximum absolute atomic E-state index is 11.8. The van der Waals surface area contributed by atoms with E-state index in [4.69, 9.17) is 0 Å². The van der Waals surface area contributed by atoms with Crippen molar-refractivity contribution in [2.24, 2.45) is 0 Å². The molecular formula is C20H25N3O2. The van der Waals surface area contributed by atoms with Crippen LogP contribution in [-0.4, -0.2) is 23.0 Å². The Morgan fingerprint density at radius 2 is 1.84 bits per heavy atom. The van der Waals surface area contributed by atoms with Crippen LogP contribution in [0.25, 0.3) is 0 Å². The first-order valence-electron chi connectivity index (χ1n) is 9.06. The molecule has 0 saturated carbocycles. The van der Waals surface area contributed by atoms with Gasteiger partial charge in [0.2, 0.25) is 5.82 Å². The van der Waals surface area contributed by atoms with Crippen LogP contribution < -0.4 is 4.90 Å². The summed E-state index contributed by atoms with van der Waals surface area (Å²) in [5.74, 6) is 0.537. The molecule has 5 heteroatoms. The van der Waals surface area contributed by atoms with Gasteiger partial charge in [-0.3, -0.25) is 10.1 Å². The van der Waals surface area contributed by atoms with E-state index in [1.54, 1.807) is 6.20 Å². The Hall–Kier alpha value is -2.43. The smallest absolute Gasteiger partial charge is 0.314 e. The van der Waals surface area contributed by atoms with E-state index in [-0.39, 0.29) is 10.6 Å². The monoisotopic (exact) mass is 339 g/mol. The Balaban J connectivity index is 1.95. The molecular weight excluding hydrogens is 314 g/mol. The number of aryl methyl sites for hydroxylation is 1. The van der Waals surface area contributed by atoms with Crippen LogP contribution in [-0.2, 0) is 19.3 Å². The van der Waals surface area contributed by atoms with Crippen molar-refractivity contribution in [3.8, 4) is 0 Å². The molecule has 0 unspecified atom stereocenters. The van der Waals surface area contributed by atoms with Crippen molar-refractivity contribution in [2.75, 3.05) is 18.0 Å². The SMILES string of the molecule is CCCCc1c(C)cnc(N2CCc3ccccc3CC2)c1[N+](=O)[O-]. The first kappa shape index (κ1) is 17.4. The number of hydrogen-bond donors (Lipinski definition) is 0. The van der Waals surface area contributed by atoms with E-state index in [9.17, 15) is 10.1 Å². The Morgan fingerprint density at radius 1 is 1.20 bits per heavy atom. The fourth-order valence-corrected chi connectivity index (χ4v) is 3.59. The number of unbranched alkanes of at least 4 members (excludes halogenated alkanes) is 1. The predicted molar refractivity (Wildman–Crippen MR) is 100 cm³/mol. The highest BCUT2D eigenvalue weighted by molar-refractivity contribution is 5.64. The molecule has 0 atom stereocenters. The third kappa shape index (κ3) is 3.65. The van der Waals surface area contributed by atoms with Gasteiger partial charge >= 0.3 is 5.69 Å². The first-order chi connectivity index (χ1) is 12.1. The summed E-state index contributed by atoms with van der Waals surface area (Å²) >= 11 is 0. The molecule has 1 aromatic heterocycles.